The second kappa shape index (κ2) is 7.95. The van der Waals surface area contributed by atoms with E-state index in [4.69, 9.17) is 28.6 Å². The fraction of sp³-hybridized carbons (Fsp3) is 0.389. The Balaban J connectivity index is 2.56. The Bertz CT molecular complexity index is 755. The predicted octanol–water partition coefficient (Wildman–Crippen LogP) is 5.75. The Kier molecular flexibility index (Phi) is 6.19. The summed E-state index contributed by atoms with van der Waals surface area (Å²) in [6, 6.07) is 5.60. The summed E-state index contributed by atoms with van der Waals surface area (Å²) in [5, 5.41) is 12.6. The zero-order valence-electron chi connectivity index (χ0n) is 14.4. The number of aryl methyl sites for hydroxylation is 1. The molecule has 0 aliphatic carbocycles. The molecule has 0 spiro atoms. The van der Waals surface area contributed by atoms with Crippen molar-refractivity contribution in [2.24, 2.45) is 0 Å². The third-order valence-corrected chi connectivity index (χ3v) is 4.49. The van der Waals surface area contributed by atoms with Crippen LogP contribution in [0.1, 0.15) is 45.0 Å². The lowest BCUT2D eigenvalue weighted by Gasteiger charge is -2.19. The molecule has 0 aliphatic rings. The Morgan fingerprint density at radius 3 is 2.42 bits per heavy atom. The highest BCUT2D eigenvalue weighted by Crippen LogP contribution is 2.32. The lowest BCUT2D eigenvalue weighted by atomic mass is 10.1. The van der Waals surface area contributed by atoms with Crippen LogP contribution >= 0.6 is 23.2 Å². The van der Waals surface area contributed by atoms with Gasteiger partial charge in [0.05, 0.1) is 22.1 Å². The third kappa shape index (κ3) is 4.05. The van der Waals surface area contributed by atoms with E-state index in [2.05, 4.69) is 29.1 Å². The van der Waals surface area contributed by atoms with Gasteiger partial charge in [-0.25, -0.2) is 9.97 Å². The Morgan fingerprint density at radius 2 is 1.88 bits per heavy atom. The van der Waals surface area contributed by atoms with Gasteiger partial charge in [-0.05, 0) is 44.9 Å². The van der Waals surface area contributed by atoms with Gasteiger partial charge in [0, 0.05) is 16.6 Å². The molecule has 4 nitrogen and oxygen atoms in total. The van der Waals surface area contributed by atoms with E-state index in [1.807, 2.05) is 13.0 Å². The first-order valence-corrected chi connectivity index (χ1v) is 8.79. The second-order valence-corrected chi connectivity index (χ2v) is 6.61. The van der Waals surface area contributed by atoms with Crippen LogP contribution in [0.5, 0.6) is 0 Å². The minimum atomic E-state index is 0.307. The van der Waals surface area contributed by atoms with E-state index < -0.39 is 0 Å². The lowest BCUT2D eigenvalue weighted by Crippen LogP contribution is -2.21. The Morgan fingerprint density at radius 1 is 1.21 bits per heavy atom. The van der Waals surface area contributed by atoms with Crippen LogP contribution in [0.15, 0.2) is 18.2 Å². The first-order valence-electron chi connectivity index (χ1n) is 8.03. The zero-order chi connectivity index (χ0) is 17.9. The molecule has 0 aliphatic heterocycles. The zero-order valence-corrected chi connectivity index (χ0v) is 15.9. The van der Waals surface area contributed by atoms with Crippen LogP contribution < -0.4 is 5.32 Å². The second-order valence-electron chi connectivity index (χ2n) is 5.76. The molecule has 6 heteroatoms. The molecular formula is C18H22Cl2N4. The van der Waals surface area contributed by atoms with Crippen LogP contribution in [-0.2, 0) is 0 Å². The number of nitrogens with one attached hydrogen (secondary N) is 2. The van der Waals surface area contributed by atoms with E-state index in [1.54, 1.807) is 19.1 Å². The molecule has 1 aromatic carbocycles. The van der Waals surface area contributed by atoms with Gasteiger partial charge in [-0.3, -0.25) is 0 Å². The monoisotopic (exact) mass is 364 g/mol. The summed E-state index contributed by atoms with van der Waals surface area (Å²) in [6.07, 6.45) is 1.97. The summed E-state index contributed by atoms with van der Waals surface area (Å²) in [7, 11) is 0. The normalized spacial score (nSPS) is 11.0. The maximum Gasteiger partial charge on any atom is 0.154 e. The molecule has 2 N–H and O–H groups in total. The van der Waals surface area contributed by atoms with Crippen molar-refractivity contribution in [3.05, 3.63) is 39.6 Å². The summed E-state index contributed by atoms with van der Waals surface area (Å²) >= 11 is 12.3. The lowest BCUT2D eigenvalue weighted by molar-refractivity contribution is 0.667. The van der Waals surface area contributed by atoms with E-state index in [0.717, 1.165) is 24.1 Å². The SMILES string of the molecule is CCC(CC)Nc1nc(C)c(-c2ccc(Cl)cc2Cl)nc1C(C)=N. The molecule has 24 heavy (non-hydrogen) atoms. The first-order chi connectivity index (χ1) is 11.4. The van der Waals surface area contributed by atoms with Crippen LogP contribution in [0, 0.1) is 12.3 Å². The Labute approximate surface area is 153 Å². The maximum absolute atomic E-state index is 8.06. The summed E-state index contributed by atoms with van der Waals surface area (Å²) in [5.74, 6) is 0.655. The van der Waals surface area contributed by atoms with E-state index in [1.165, 1.54) is 0 Å². The van der Waals surface area contributed by atoms with Crippen LogP contribution in [0.2, 0.25) is 10.0 Å². The number of halogens is 2. The number of nitrogens with zero attached hydrogens (tertiary/aromatic N) is 2. The van der Waals surface area contributed by atoms with Crippen molar-refractivity contribution in [3.63, 3.8) is 0 Å². The summed E-state index contributed by atoms with van der Waals surface area (Å²) in [6.45, 7) is 7.86. The highest BCUT2D eigenvalue weighted by molar-refractivity contribution is 6.36. The highest BCUT2D eigenvalue weighted by Gasteiger charge is 2.17. The van der Waals surface area contributed by atoms with E-state index in [0.29, 0.717) is 39.0 Å². The van der Waals surface area contributed by atoms with Crippen molar-refractivity contribution in [3.8, 4) is 11.3 Å². The number of anilines is 1. The highest BCUT2D eigenvalue weighted by atomic mass is 35.5. The van der Waals surface area contributed by atoms with Gasteiger partial charge in [-0.1, -0.05) is 37.0 Å². The molecule has 0 atom stereocenters. The Hall–Kier alpha value is -1.65. The van der Waals surface area contributed by atoms with Crippen molar-refractivity contribution in [1.82, 2.24) is 9.97 Å². The number of benzene rings is 1. The molecule has 0 unspecified atom stereocenters. The molecular weight excluding hydrogens is 343 g/mol. The fourth-order valence-electron chi connectivity index (χ4n) is 2.50. The summed E-state index contributed by atoms with van der Waals surface area (Å²) in [4.78, 5) is 9.34. The van der Waals surface area contributed by atoms with Crippen molar-refractivity contribution < 1.29 is 0 Å². The van der Waals surface area contributed by atoms with Crippen molar-refractivity contribution in [2.45, 2.75) is 46.6 Å². The molecule has 0 bridgehead atoms. The van der Waals surface area contributed by atoms with Crippen molar-refractivity contribution in [2.75, 3.05) is 5.32 Å². The summed E-state index contributed by atoms with van der Waals surface area (Å²) in [5.41, 5.74) is 3.12. The van der Waals surface area contributed by atoms with Crippen LogP contribution in [-0.4, -0.2) is 21.7 Å². The third-order valence-electron chi connectivity index (χ3n) is 3.94. The first kappa shape index (κ1) is 18.7. The average molecular weight is 365 g/mol. The number of rotatable bonds is 6. The van der Waals surface area contributed by atoms with Gasteiger partial charge < -0.3 is 10.7 Å². The van der Waals surface area contributed by atoms with Crippen LogP contribution in [0.25, 0.3) is 11.3 Å². The van der Waals surface area contributed by atoms with Gasteiger partial charge >= 0.3 is 0 Å². The van der Waals surface area contributed by atoms with Crippen molar-refractivity contribution in [1.29, 1.82) is 5.41 Å². The summed E-state index contributed by atoms with van der Waals surface area (Å²) < 4.78 is 0. The number of hydrogen-bond donors (Lipinski definition) is 2. The predicted molar refractivity (Wildman–Crippen MR) is 103 cm³/mol. The van der Waals surface area contributed by atoms with Crippen LogP contribution in [0.3, 0.4) is 0 Å². The smallest absolute Gasteiger partial charge is 0.154 e. The molecule has 2 aromatic rings. The topological polar surface area (TPSA) is 61.7 Å². The average Bonchev–Trinajstić information content (AvgIpc) is 2.53. The molecule has 2 rings (SSSR count). The number of aromatic nitrogens is 2. The number of hydrogen-bond acceptors (Lipinski definition) is 4. The van der Waals surface area contributed by atoms with Gasteiger partial charge in [0.2, 0.25) is 0 Å². The molecule has 128 valence electrons. The molecule has 0 fully saturated rings. The van der Waals surface area contributed by atoms with E-state index in [9.17, 15) is 0 Å². The maximum atomic E-state index is 8.06. The fourth-order valence-corrected chi connectivity index (χ4v) is 3.00. The largest absolute Gasteiger partial charge is 0.366 e. The van der Waals surface area contributed by atoms with Gasteiger partial charge in [0.15, 0.2) is 5.82 Å². The molecule has 0 saturated carbocycles. The quantitative estimate of drug-likeness (QED) is 0.641. The van der Waals surface area contributed by atoms with Gasteiger partial charge in [0.25, 0.3) is 0 Å². The molecule has 1 aromatic heterocycles. The minimum absolute atomic E-state index is 0.307. The molecule has 0 radical (unpaired) electrons. The van der Waals surface area contributed by atoms with Gasteiger partial charge in [-0.2, -0.15) is 0 Å². The molecule has 0 saturated heterocycles. The van der Waals surface area contributed by atoms with Gasteiger partial charge in [0.1, 0.15) is 5.69 Å². The van der Waals surface area contributed by atoms with Gasteiger partial charge in [-0.15, -0.1) is 0 Å². The van der Waals surface area contributed by atoms with Crippen LogP contribution in [0.4, 0.5) is 5.82 Å². The van der Waals surface area contributed by atoms with E-state index >= 15 is 0 Å². The van der Waals surface area contributed by atoms with E-state index in [-0.39, 0.29) is 0 Å². The standard InChI is InChI=1S/C18H22Cl2N4/c1-5-13(6-2)23-18-16(10(3)21)24-17(11(4)22-18)14-8-7-12(19)9-15(14)20/h7-9,13,21H,5-6H2,1-4H3,(H,22,23). The molecule has 0 amide bonds. The minimum Gasteiger partial charge on any atom is -0.366 e. The van der Waals surface area contributed by atoms with Crippen molar-refractivity contribution >= 4 is 34.7 Å². The molecule has 1 heterocycles.